The molecule has 0 aromatic carbocycles. The number of hydrogen-bond acceptors (Lipinski definition) is 4. The summed E-state index contributed by atoms with van der Waals surface area (Å²) < 4.78 is 0.928. The lowest BCUT2D eigenvalue weighted by molar-refractivity contribution is 0.352. The van der Waals surface area contributed by atoms with E-state index in [1.807, 2.05) is 12.1 Å². The van der Waals surface area contributed by atoms with Crippen molar-refractivity contribution in [1.29, 1.82) is 0 Å². The maximum Gasteiger partial charge on any atom is 0.148 e. The van der Waals surface area contributed by atoms with Crippen LogP contribution in [0.25, 0.3) is 0 Å². The minimum Gasteiger partial charge on any atom is -0.367 e. The van der Waals surface area contributed by atoms with Crippen LogP contribution in [0.15, 0.2) is 12.1 Å². The molecule has 1 aromatic rings. The Bertz CT molecular complexity index is 295. The topological polar surface area (TPSA) is 41.0 Å². The van der Waals surface area contributed by atoms with Gasteiger partial charge in [0.2, 0.25) is 0 Å². The van der Waals surface area contributed by atoms with Crippen molar-refractivity contribution in [2.75, 3.05) is 31.5 Å². The highest BCUT2D eigenvalue weighted by molar-refractivity contribution is 14.1. The van der Waals surface area contributed by atoms with Gasteiger partial charge in [0.15, 0.2) is 0 Å². The van der Waals surface area contributed by atoms with E-state index in [-0.39, 0.29) is 0 Å². The fourth-order valence-corrected chi connectivity index (χ4v) is 2.05. The molecule has 0 spiro atoms. The molecule has 0 radical (unpaired) electrons. The van der Waals surface area contributed by atoms with Crippen LogP contribution >= 0.6 is 22.6 Å². The Hall–Kier alpha value is -0.430. The first-order valence-corrected chi connectivity index (χ1v) is 6.38. The van der Waals surface area contributed by atoms with Gasteiger partial charge < -0.3 is 10.2 Å². The molecule has 5 heteroatoms. The molecule has 1 saturated heterocycles. The number of aromatic nitrogens is 2. The number of nitrogens with one attached hydrogen (secondary N) is 1. The Kier molecular flexibility index (Phi) is 4.13. The molecule has 0 saturated carbocycles. The van der Waals surface area contributed by atoms with E-state index in [4.69, 9.17) is 0 Å². The second-order valence-electron chi connectivity index (χ2n) is 3.72. The number of halogens is 1. The molecule has 1 fully saturated rings. The molecule has 82 valence electrons. The zero-order valence-electron chi connectivity index (χ0n) is 8.62. The fraction of sp³-hybridized carbons (Fsp3) is 0.600. The molecule has 15 heavy (non-hydrogen) atoms. The number of rotatable bonds is 4. The monoisotopic (exact) mass is 318 g/mol. The van der Waals surface area contributed by atoms with Gasteiger partial charge in [0.1, 0.15) is 9.52 Å². The molecule has 0 unspecified atom stereocenters. The number of likely N-dealkylation sites (tertiary alicyclic amines) is 1. The molecule has 0 amide bonds. The van der Waals surface area contributed by atoms with Crippen molar-refractivity contribution >= 4 is 28.4 Å². The normalized spacial score (nSPS) is 16.9. The molecule has 1 aromatic heterocycles. The lowest BCUT2D eigenvalue weighted by Gasteiger charge is -2.14. The molecule has 1 N–H and O–H groups in total. The van der Waals surface area contributed by atoms with Crippen LogP contribution in [-0.4, -0.2) is 41.3 Å². The Morgan fingerprint density at radius 1 is 1.27 bits per heavy atom. The first kappa shape index (κ1) is 11.1. The van der Waals surface area contributed by atoms with Gasteiger partial charge in [0, 0.05) is 13.1 Å². The molecular formula is C10H15IN4. The van der Waals surface area contributed by atoms with Gasteiger partial charge in [-0.15, -0.1) is 10.2 Å². The molecule has 1 aliphatic rings. The third kappa shape index (κ3) is 3.57. The van der Waals surface area contributed by atoms with Crippen molar-refractivity contribution in [3.63, 3.8) is 0 Å². The summed E-state index contributed by atoms with van der Waals surface area (Å²) in [5.74, 6) is 0.870. The van der Waals surface area contributed by atoms with Gasteiger partial charge in [-0.25, -0.2) is 0 Å². The highest BCUT2D eigenvalue weighted by Gasteiger charge is 2.10. The Morgan fingerprint density at radius 2 is 2.07 bits per heavy atom. The van der Waals surface area contributed by atoms with Crippen molar-refractivity contribution < 1.29 is 0 Å². The highest BCUT2D eigenvalue weighted by atomic mass is 127. The second kappa shape index (κ2) is 5.60. The lowest BCUT2D eigenvalue weighted by atomic mass is 10.4. The van der Waals surface area contributed by atoms with Gasteiger partial charge in [-0.05, 0) is 60.7 Å². The number of hydrogen-bond donors (Lipinski definition) is 1. The largest absolute Gasteiger partial charge is 0.367 e. The average molecular weight is 318 g/mol. The summed E-state index contributed by atoms with van der Waals surface area (Å²) >= 11 is 2.16. The van der Waals surface area contributed by atoms with Crippen molar-refractivity contribution in [3.05, 3.63) is 15.8 Å². The Labute approximate surface area is 104 Å². The zero-order valence-corrected chi connectivity index (χ0v) is 10.8. The van der Waals surface area contributed by atoms with E-state index < -0.39 is 0 Å². The van der Waals surface area contributed by atoms with E-state index in [1.54, 1.807) is 0 Å². The SMILES string of the molecule is Ic1ccc(NCCN2CCCC2)nn1. The van der Waals surface area contributed by atoms with Gasteiger partial charge in [0.25, 0.3) is 0 Å². The van der Waals surface area contributed by atoms with Crippen molar-refractivity contribution in [2.45, 2.75) is 12.8 Å². The minimum absolute atomic E-state index is 0.870. The molecule has 4 nitrogen and oxygen atoms in total. The molecule has 0 aliphatic carbocycles. The summed E-state index contributed by atoms with van der Waals surface area (Å²) in [6.07, 6.45) is 2.70. The molecule has 2 rings (SSSR count). The van der Waals surface area contributed by atoms with Crippen LogP contribution in [0.4, 0.5) is 5.82 Å². The summed E-state index contributed by atoms with van der Waals surface area (Å²) in [4.78, 5) is 2.48. The molecule has 0 bridgehead atoms. The van der Waals surface area contributed by atoms with E-state index in [9.17, 15) is 0 Å². The van der Waals surface area contributed by atoms with Crippen LogP contribution < -0.4 is 5.32 Å². The molecule has 1 aliphatic heterocycles. The summed E-state index contributed by atoms with van der Waals surface area (Å²) in [6.45, 7) is 4.56. The smallest absolute Gasteiger partial charge is 0.148 e. The fourth-order valence-electron chi connectivity index (χ4n) is 1.76. The summed E-state index contributed by atoms with van der Waals surface area (Å²) in [7, 11) is 0. The third-order valence-corrected chi connectivity index (χ3v) is 3.14. The van der Waals surface area contributed by atoms with Gasteiger partial charge in [-0.1, -0.05) is 0 Å². The van der Waals surface area contributed by atoms with E-state index in [1.165, 1.54) is 25.9 Å². The summed E-state index contributed by atoms with van der Waals surface area (Å²) in [5, 5.41) is 11.3. The van der Waals surface area contributed by atoms with Gasteiger partial charge in [-0.2, -0.15) is 0 Å². The predicted octanol–water partition coefficient (Wildman–Crippen LogP) is 1.59. The van der Waals surface area contributed by atoms with Crippen LogP contribution in [0.2, 0.25) is 0 Å². The first-order valence-electron chi connectivity index (χ1n) is 5.30. The molecular weight excluding hydrogens is 303 g/mol. The van der Waals surface area contributed by atoms with Crippen molar-refractivity contribution in [2.24, 2.45) is 0 Å². The van der Waals surface area contributed by atoms with E-state index in [0.29, 0.717) is 0 Å². The Balaban J connectivity index is 1.71. The summed E-state index contributed by atoms with van der Waals surface area (Å²) in [6, 6.07) is 3.94. The van der Waals surface area contributed by atoms with E-state index in [2.05, 4.69) is 43.0 Å². The van der Waals surface area contributed by atoms with Crippen LogP contribution in [0.5, 0.6) is 0 Å². The van der Waals surface area contributed by atoms with E-state index in [0.717, 1.165) is 22.6 Å². The standard InChI is InChI=1S/C10H15IN4/c11-9-3-4-10(14-13-9)12-5-8-15-6-1-2-7-15/h3-4H,1-2,5-8H2,(H,12,14). The van der Waals surface area contributed by atoms with Crippen LogP contribution in [0.1, 0.15) is 12.8 Å². The number of anilines is 1. The Morgan fingerprint density at radius 3 is 2.73 bits per heavy atom. The maximum absolute atomic E-state index is 4.06. The molecule has 2 heterocycles. The van der Waals surface area contributed by atoms with Gasteiger partial charge >= 0.3 is 0 Å². The maximum atomic E-state index is 4.06. The lowest BCUT2D eigenvalue weighted by Crippen LogP contribution is -2.26. The van der Waals surface area contributed by atoms with Crippen LogP contribution in [0, 0.1) is 3.70 Å². The molecule has 0 atom stereocenters. The van der Waals surface area contributed by atoms with Gasteiger partial charge in [-0.3, -0.25) is 0 Å². The van der Waals surface area contributed by atoms with Crippen LogP contribution in [-0.2, 0) is 0 Å². The third-order valence-electron chi connectivity index (χ3n) is 2.56. The predicted molar refractivity (Wildman–Crippen MR) is 68.9 cm³/mol. The number of nitrogens with zero attached hydrogens (tertiary/aromatic N) is 3. The van der Waals surface area contributed by atoms with Crippen molar-refractivity contribution in [1.82, 2.24) is 15.1 Å². The summed E-state index contributed by atoms with van der Waals surface area (Å²) in [5.41, 5.74) is 0. The van der Waals surface area contributed by atoms with Crippen molar-refractivity contribution in [3.8, 4) is 0 Å². The first-order chi connectivity index (χ1) is 7.34. The quantitative estimate of drug-likeness (QED) is 0.856. The average Bonchev–Trinajstić information content (AvgIpc) is 2.74. The second-order valence-corrected chi connectivity index (χ2v) is 4.82. The highest BCUT2D eigenvalue weighted by Crippen LogP contribution is 2.07. The minimum atomic E-state index is 0.870. The van der Waals surface area contributed by atoms with Gasteiger partial charge in [0.05, 0.1) is 0 Å². The zero-order chi connectivity index (χ0) is 10.5. The van der Waals surface area contributed by atoms with Crippen LogP contribution in [0.3, 0.4) is 0 Å². The van der Waals surface area contributed by atoms with E-state index >= 15 is 0 Å².